The Morgan fingerprint density at radius 2 is 1.89 bits per heavy atom. The molecular weight excluding hydrogens is 348 g/mol. The van der Waals surface area contributed by atoms with Gasteiger partial charge in [0.25, 0.3) is 11.5 Å². The van der Waals surface area contributed by atoms with Crippen LogP contribution < -0.4 is 11.2 Å². The first kappa shape index (κ1) is 19.8. The molecule has 1 aromatic heterocycles. The molecule has 0 radical (unpaired) electrons. The standard InChI is InChI=1S/C19H30N4O4/c1-4-7-22-8-5-19(6-9-22)11-14(24)12-23(13-19)17(26)15-10-16(25)21(3)18(27)20(15)2/h10,14,24H,4-9,11-13H2,1-3H3. The molecule has 2 aliphatic rings. The van der Waals surface area contributed by atoms with Crippen LogP contribution in [0.2, 0.25) is 0 Å². The lowest BCUT2D eigenvalue weighted by molar-refractivity contribution is -0.0329. The van der Waals surface area contributed by atoms with Gasteiger partial charge in [0.1, 0.15) is 5.69 Å². The van der Waals surface area contributed by atoms with Crippen molar-refractivity contribution in [1.29, 1.82) is 0 Å². The molecule has 150 valence electrons. The molecule has 0 aliphatic carbocycles. The number of likely N-dealkylation sites (tertiary alicyclic amines) is 2. The summed E-state index contributed by atoms with van der Waals surface area (Å²) >= 11 is 0. The highest BCUT2D eigenvalue weighted by molar-refractivity contribution is 5.92. The third-order valence-corrected chi connectivity index (χ3v) is 6.11. The van der Waals surface area contributed by atoms with Crippen molar-refractivity contribution in [3.63, 3.8) is 0 Å². The maximum Gasteiger partial charge on any atom is 0.331 e. The van der Waals surface area contributed by atoms with Crippen molar-refractivity contribution in [1.82, 2.24) is 18.9 Å². The summed E-state index contributed by atoms with van der Waals surface area (Å²) in [7, 11) is 2.89. The molecule has 0 saturated carbocycles. The van der Waals surface area contributed by atoms with Crippen LogP contribution in [-0.2, 0) is 14.1 Å². The fraction of sp³-hybridized carbons (Fsp3) is 0.737. The van der Waals surface area contributed by atoms with E-state index in [1.165, 1.54) is 24.7 Å². The van der Waals surface area contributed by atoms with Crippen molar-refractivity contribution in [2.24, 2.45) is 19.5 Å². The van der Waals surface area contributed by atoms with E-state index in [4.69, 9.17) is 0 Å². The first-order valence-electron chi connectivity index (χ1n) is 9.73. The normalized spacial score (nSPS) is 23.0. The summed E-state index contributed by atoms with van der Waals surface area (Å²) in [6, 6.07) is 1.21. The average Bonchev–Trinajstić information content (AvgIpc) is 2.64. The molecule has 8 nitrogen and oxygen atoms in total. The monoisotopic (exact) mass is 378 g/mol. The van der Waals surface area contributed by atoms with Crippen LogP contribution in [0, 0.1) is 5.41 Å². The van der Waals surface area contributed by atoms with E-state index in [9.17, 15) is 19.5 Å². The number of β-amino-alcohol motifs (C(OH)–C–C–N with tert-alkyl or cyclic N) is 1. The van der Waals surface area contributed by atoms with E-state index in [-0.39, 0.29) is 23.6 Å². The van der Waals surface area contributed by atoms with Crippen LogP contribution in [0.4, 0.5) is 0 Å². The van der Waals surface area contributed by atoms with Gasteiger partial charge >= 0.3 is 5.69 Å². The van der Waals surface area contributed by atoms with E-state index in [2.05, 4.69) is 11.8 Å². The molecule has 0 aromatic carbocycles. The van der Waals surface area contributed by atoms with Crippen LogP contribution in [0.25, 0.3) is 0 Å². The van der Waals surface area contributed by atoms with Crippen LogP contribution >= 0.6 is 0 Å². The SMILES string of the molecule is CCCN1CCC2(CC1)CC(O)CN(C(=O)c1cc(=O)n(C)c(=O)n1C)C2. The Labute approximate surface area is 159 Å². The number of amides is 1. The fourth-order valence-electron chi connectivity index (χ4n) is 4.54. The van der Waals surface area contributed by atoms with E-state index in [1.807, 2.05) is 0 Å². The summed E-state index contributed by atoms with van der Waals surface area (Å²) in [6.07, 6.45) is 3.14. The maximum absolute atomic E-state index is 13.1. The minimum Gasteiger partial charge on any atom is -0.391 e. The predicted octanol–water partition coefficient (Wildman–Crippen LogP) is -0.217. The highest BCUT2D eigenvalue weighted by Gasteiger charge is 2.43. The maximum atomic E-state index is 13.1. The molecular formula is C19H30N4O4. The Kier molecular flexibility index (Phi) is 5.58. The number of aliphatic hydroxyl groups is 1. The zero-order chi connectivity index (χ0) is 19.8. The summed E-state index contributed by atoms with van der Waals surface area (Å²) in [5.41, 5.74) is -1.03. The van der Waals surface area contributed by atoms with Crippen molar-refractivity contribution in [2.75, 3.05) is 32.7 Å². The zero-order valence-corrected chi connectivity index (χ0v) is 16.5. The van der Waals surface area contributed by atoms with Gasteiger partial charge in [0.2, 0.25) is 0 Å². The Balaban J connectivity index is 1.82. The molecule has 0 bridgehead atoms. The first-order valence-corrected chi connectivity index (χ1v) is 9.73. The number of hydrogen-bond acceptors (Lipinski definition) is 5. The molecule has 1 N–H and O–H groups in total. The lowest BCUT2D eigenvalue weighted by Gasteiger charge is -2.49. The molecule has 1 aromatic rings. The number of aromatic nitrogens is 2. The van der Waals surface area contributed by atoms with E-state index in [1.54, 1.807) is 4.90 Å². The van der Waals surface area contributed by atoms with E-state index < -0.39 is 17.4 Å². The fourth-order valence-corrected chi connectivity index (χ4v) is 4.54. The topological polar surface area (TPSA) is 87.8 Å². The Morgan fingerprint density at radius 1 is 1.22 bits per heavy atom. The lowest BCUT2D eigenvalue weighted by atomic mass is 9.71. The minimum atomic E-state index is -0.580. The van der Waals surface area contributed by atoms with Gasteiger partial charge in [-0.1, -0.05) is 6.92 Å². The molecule has 1 spiro atoms. The van der Waals surface area contributed by atoms with Crippen LogP contribution in [0.15, 0.2) is 15.7 Å². The molecule has 3 heterocycles. The molecule has 2 aliphatic heterocycles. The van der Waals surface area contributed by atoms with Gasteiger partial charge in [0.15, 0.2) is 0 Å². The second-order valence-corrected chi connectivity index (χ2v) is 8.15. The van der Waals surface area contributed by atoms with Crippen molar-refractivity contribution in [2.45, 2.75) is 38.7 Å². The van der Waals surface area contributed by atoms with Gasteiger partial charge in [-0.3, -0.25) is 18.7 Å². The third-order valence-electron chi connectivity index (χ3n) is 6.11. The molecule has 1 unspecified atom stereocenters. The van der Waals surface area contributed by atoms with Gasteiger partial charge in [0, 0.05) is 33.3 Å². The second-order valence-electron chi connectivity index (χ2n) is 8.15. The lowest BCUT2D eigenvalue weighted by Crippen LogP contribution is -2.56. The van der Waals surface area contributed by atoms with E-state index in [0.717, 1.165) is 43.5 Å². The smallest absolute Gasteiger partial charge is 0.331 e. The number of rotatable bonds is 3. The first-order chi connectivity index (χ1) is 12.8. The van der Waals surface area contributed by atoms with Gasteiger partial charge in [-0.25, -0.2) is 4.79 Å². The zero-order valence-electron chi connectivity index (χ0n) is 16.5. The van der Waals surface area contributed by atoms with Gasteiger partial charge in [-0.05, 0) is 50.7 Å². The number of aliphatic hydroxyl groups excluding tert-OH is 1. The molecule has 2 fully saturated rings. The number of piperidine rings is 2. The molecule has 1 amide bonds. The van der Waals surface area contributed by atoms with Crippen molar-refractivity contribution >= 4 is 5.91 Å². The predicted molar refractivity (Wildman–Crippen MR) is 102 cm³/mol. The molecule has 27 heavy (non-hydrogen) atoms. The largest absolute Gasteiger partial charge is 0.391 e. The Bertz CT molecular complexity index is 820. The quantitative estimate of drug-likeness (QED) is 0.786. The van der Waals surface area contributed by atoms with Crippen molar-refractivity contribution in [3.8, 4) is 0 Å². The summed E-state index contributed by atoms with van der Waals surface area (Å²) in [5.74, 6) is -0.360. The Morgan fingerprint density at radius 3 is 2.52 bits per heavy atom. The third kappa shape index (κ3) is 3.87. The number of carbonyl (C=O) groups is 1. The highest BCUT2D eigenvalue weighted by atomic mass is 16.3. The van der Waals surface area contributed by atoms with Crippen LogP contribution in [0.5, 0.6) is 0 Å². The van der Waals surface area contributed by atoms with Crippen LogP contribution in [0.3, 0.4) is 0 Å². The number of nitrogens with zero attached hydrogens (tertiary/aromatic N) is 4. The summed E-state index contributed by atoms with van der Waals surface area (Å²) in [5, 5.41) is 10.4. The summed E-state index contributed by atoms with van der Waals surface area (Å²) in [4.78, 5) is 41.3. The molecule has 2 saturated heterocycles. The van der Waals surface area contributed by atoms with Gasteiger partial charge < -0.3 is 14.9 Å². The summed E-state index contributed by atoms with van der Waals surface area (Å²) in [6.45, 7) is 6.01. The van der Waals surface area contributed by atoms with Crippen LogP contribution in [-0.4, -0.2) is 68.8 Å². The minimum absolute atomic E-state index is 0.0794. The van der Waals surface area contributed by atoms with Gasteiger partial charge in [-0.15, -0.1) is 0 Å². The number of carbonyl (C=O) groups excluding carboxylic acids is 1. The van der Waals surface area contributed by atoms with E-state index in [0.29, 0.717) is 13.0 Å². The second kappa shape index (κ2) is 7.59. The number of hydrogen-bond donors (Lipinski definition) is 1. The molecule has 1 atom stereocenters. The van der Waals surface area contributed by atoms with Gasteiger partial charge in [-0.2, -0.15) is 0 Å². The van der Waals surface area contributed by atoms with Crippen LogP contribution in [0.1, 0.15) is 43.1 Å². The van der Waals surface area contributed by atoms with Gasteiger partial charge in [0.05, 0.1) is 6.10 Å². The Hall–Kier alpha value is -1.93. The van der Waals surface area contributed by atoms with Crippen molar-refractivity contribution in [3.05, 3.63) is 32.6 Å². The summed E-state index contributed by atoms with van der Waals surface area (Å²) < 4.78 is 2.19. The molecule has 3 rings (SSSR count). The average molecular weight is 378 g/mol. The van der Waals surface area contributed by atoms with E-state index >= 15 is 0 Å². The molecule has 8 heteroatoms. The van der Waals surface area contributed by atoms with Crippen molar-refractivity contribution < 1.29 is 9.90 Å². The highest BCUT2D eigenvalue weighted by Crippen LogP contribution is 2.40.